The van der Waals surface area contributed by atoms with Gasteiger partial charge in [0.1, 0.15) is 16.1 Å². The summed E-state index contributed by atoms with van der Waals surface area (Å²) in [6.45, 7) is 15.2. The lowest BCUT2D eigenvalue weighted by Gasteiger charge is -2.35. The summed E-state index contributed by atoms with van der Waals surface area (Å²) in [4.78, 5) is 20.0. The first-order valence-electron chi connectivity index (χ1n) is 10.2. The summed E-state index contributed by atoms with van der Waals surface area (Å²) < 4.78 is 30.8. The summed E-state index contributed by atoms with van der Waals surface area (Å²) in [6, 6.07) is 1.78. The van der Waals surface area contributed by atoms with E-state index in [4.69, 9.17) is 4.84 Å². The van der Waals surface area contributed by atoms with E-state index < -0.39 is 36.5 Å². The lowest BCUT2D eigenvalue weighted by molar-refractivity contribution is 0.128. The van der Waals surface area contributed by atoms with Crippen LogP contribution in [0.3, 0.4) is 0 Å². The molecule has 168 valence electrons. The van der Waals surface area contributed by atoms with E-state index in [-0.39, 0.29) is 11.0 Å². The number of nitrogens with zero attached hydrogens (tertiary/aromatic N) is 3. The van der Waals surface area contributed by atoms with Crippen LogP contribution in [0.1, 0.15) is 65.0 Å². The second kappa shape index (κ2) is 9.06. The van der Waals surface area contributed by atoms with Gasteiger partial charge in [-0.05, 0) is 70.3 Å². The predicted molar refractivity (Wildman–Crippen MR) is 123 cm³/mol. The van der Waals surface area contributed by atoms with Gasteiger partial charge in [-0.3, -0.25) is 0 Å². The van der Waals surface area contributed by atoms with Gasteiger partial charge in [0, 0.05) is 11.8 Å². The van der Waals surface area contributed by atoms with E-state index in [1.807, 2.05) is 54.6 Å². The highest BCUT2D eigenvalue weighted by molar-refractivity contribution is 7.91. The Morgan fingerprint density at radius 2 is 1.97 bits per heavy atom. The molecule has 1 aliphatic rings. The van der Waals surface area contributed by atoms with E-state index in [1.54, 1.807) is 6.07 Å². The fourth-order valence-electron chi connectivity index (χ4n) is 3.05. The second-order valence-electron chi connectivity index (χ2n) is 10.0. The van der Waals surface area contributed by atoms with Crippen LogP contribution < -0.4 is 0 Å². The zero-order chi connectivity index (χ0) is 22.9. The Bertz CT molecular complexity index is 819. The molecular weight excluding hydrogens is 421 g/mol. The van der Waals surface area contributed by atoms with Crippen LogP contribution >= 0.6 is 0 Å². The molecule has 9 heteroatoms. The van der Waals surface area contributed by atoms with Gasteiger partial charge in [-0.15, -0.1) is 0 Å². The first-order valence-corrected chi connectivity index (χ1v) is 14.2. The Morgan fingerprint density at radius 1 is 1.33 bits per heavy atom. The Balaban J connectivity index is 2.34. The van der Waals surface area contributed by atoms with Gasteiger partial charge in [-0.2, -0.15) is 4.39 Å². The molecule has 0 saturated heterocycles. The molecule has 1 aromatic heterocycles. The zero-order valence-electron chi connectivity index (χ0n) is 19.2. The Morgan fingerprint density at radius 3 is 2.53 bits per heavy atom. The van der Waals surface area contributed by atoms with Gasteiger partial charge in [-0.1, -0.05) is 23.4 Å². The van der Waals surface area contributed by atoms with Crippen molar-refractivity contribution in [2.24, 2.45) is 9.55 Å². The third-order valence-electron chi connectivity index (χ3n) is 5.96. The van der Waals surface area contributed by atoms with Gasteiger partial charge >= 0.3 is 0 Å². The summed E-state index contributed by atoms with van der Waals surface area (Å²) in [7, 11) is -2.42. The van der Waals surface area contributed by atoms with Crippen molar-refractivity contribution in [2.45, 2.75) is 89.3 Å². The molecule has 3 atom stereocenters. The molecule has 0 amide bonds. The van der Waals surface area contributed by atoms with Crippen LogP contribution in [0.25, 0.3) is 0 Å². The number of pyridine rings is 1. The second-order valence-corrected chi connectivity index (χ2v) is 16.4. The molecule has 2 heterocycles. The molecule has 2 rings (SSSR count). The Hall–Kier alpha value is -1.29. The normalized spacial score (nSPS) is 21.6. The van der Waals surface area contributed by atoms with Gasteiger partial charge in [0.2, 0.25) is 5.95 Å². The van der Waals surface area contributed by atoms with Crippen LogP contribution in [-0.4, -0.2) is 45.4 Å². The van der Waals surface area contributed by atoms with Crippen molar-refractivity contribution >= 4 is 31.6 Å². The van der Waals surface area contributed by atoms with Crippen molar-refractivity contribution in [3.8, 4) is 0 Å². The largest absolute Gasteiger partial charge is 0.591 e. The number of hydrogen-bond acceptors (Lipinski definition) is 6. The standard InChI is InChI=1S/C21H34FN3O3SSi/c1-14-18(17(28-25-14)13-24-29(26)20(2,3)4)15-10-12-23-19(22)16(15)9-11-21(5,6)30(7,8)27/h10,12-13,17-18,27H,9,11H2,1-8H3/b24-13+/t17?,18?,29-/m0/s1. The third-order valence-corrected chi connectivity index (χ3v) is 10.9. The molecule has 2 unspecified atom stereocenters. The number of oxime groups is 1. The molecule has 0 bridgehead atoms. The quantitative estimate of drug-likeness (QED) is 0.283. The van der Waals surface area contributed by atoms with Gasteiger partial charge in [0.25, 0.3) is 0 Å². The fraction of sp³-hybridized carbons (Fsp3) is 0.667. The van der Waals surface area contributed by atoms with E-state index in [0.29, 0.717) is 24.1 Å². The number of aromatic nitrogens is 1. The molecule has 30 heavy (non-hydrogen) atoms. The smallest absolute Gasteiger partial charge is 0.216 e. The lowest BCUT2D eigenvalue weighted by Crippen LogP contribution is -2.39. The maximum absolute atomic E-state index is 14.8. The van der Waals surface area contributed by atoms with Gasteiger partial charge in [0.15, 0.2) is 14.4 Å². The SMILES string of the molecule is CC1=NOC(/C=N/[S@@+]([O-])C(C)(C)C)C1c1ccnc(F)c1CCC(C)(C)[Si](C)(C)O. The van der Waals surface area contributed by atoms with Crippen LogP contribution in [0.5, 0.6) is 0 Å². The highest BCUT2D eigenvalue weighted by Gasteiger charge is 2.39. The van der Waals surface area contributed by atoms with Crippen molar-refractivity contribution in [1.82, 2.24) is 4.98 Å². The third kappa shape index (κ3) is 5.69. The molecular formula is C21H34FN3O3SSi. The average molecular weight is 456 g/mol. The van der Waals surface area contributed by atoms with Crippen molar-refractivity contribution < 1.29 is 18.6 Å². The first kappa shape index (κ1) is 25.0. The minimum absolute atomic E-state index is 0.285. The average Bonchev–Trinajstić information content (AvgIpc) is 2.97. The fourth-order valence-corrected chi connectivity index (χ4v) is 4.33. The van der Waals surface area contributed by atoms with Crippen LogP contribution in [0.2, 0.25) is 18.1 Å². The molecule has 0 radical (unpaired) electrons. The predicted octanol–water partition coefficient (Wildman–Crippen LogP) is 4.52. The highest BCUT2D eigenvalue weighted by Crippen LogP contribution is 2.41. The summed E-state index contributed by atoms with van der Waals surface area (Å²) in [5.41, 5.74) is 1.95. The van der Waals surface area contributed by atoms with Crippen molar-refractivity contribution in [2.75, 3.05) is 0 Å². The minimum Gasteiger partial charge on any atom is -0.591 e. The molecule has 1 N–H and O–H groups in total. The van der Waals surface area contributed by atoms with Crippen molar-refractivity contribution in [3.63, 3.8) is 0 Å². The topological polar surface area (TPSA) is 90.1 Å². The van der Waals surface area contributed by atoms with E-state index in [9.17, 15) is 13.7 Å². The number of halogens is 1. The number of hydrogen-bond donors (Lipinski definition) is 1. The van der Waals surface area contributed by atoms with Crippen LogP contribution in [0.4, 0.5) is 4.39 Å². The van der Waals surface area contributed by atoms with E-state index >= 15 is 0 Å². The summed E-state index contributed by atoms with van der Waals surface area (Å²) in [5.74, 6) is -0.852. The van der Waals surface area contributed by atoms with Crippen LogP contribution in [-0.2, 0) is 22.6 Å². The van der Waals surface area contributed by atoms with E-state index in [0.717, 1.165) is 5.56 Å². The molecule has 1 aromatic rings. The molecule has 0 spiro atoms. The van der Waals surface area contributed by atoms with Gasteiger partial charge in [0.05, 0.1) is 17.8 Å². The van der Waals surface area contributed by atoms with E-state index in [2.05, 4.69) is 14.5 Å². The molecule has 0 aliphatic carbocycles. The van der Waals surface area contributed by atoms with Crippen molar-refractivity contribution in [1.29, 1.82) is 0 Å². The monoisotopic (exact) mass is 455 g/mol. The molecule has 6 nitrogen and oxygen atoms in total. The first-order chi connectivity index (χ1) is 13.6. The molecule has 0 aromatic carbocycles. The lowest BCUT2D eigenvalue weighted by atomic mass is 9.86. The van der Waals surface area contributed by atoms with Crippen LogP contribution in [0, 0.1) is 5.95 Å². The summed E-state index contributed by atoms with van der Waals surface area (Å²) >= 11 is -1.42. The van der Waals surface area contributed by atoms with Crippen LogP contribution in [0.15, 0.2) is 21.8 Å². The summed E-state index contributed by atoms with van der Waals surface area (Å²) in [5, 5.41) is 3.80. The molecule has 0 fully saturated rings. The maximum Gasteiger partial charge on any atom is 0.216 e. The Kier molecular flexibility index (Phi) is 7.54. The van der Waals surface area contributed by atoms with Gasteiger partial charge < -0.3 is 14.2 Å². The Labute approximate surface area is 183 Å². The molecule has 0 saturated carbocycles. The maximum atomic E-state index is 14.8. The van der Waals surface area contributed by atoms with Gasteiger partial charge in [-0.25, -0.2) is 4.98 Å². The summed E-state index contributed by atoms with van der Waals surface area (Å²) in [6.07, 6.45) is 3.47. The zero-order valence-corrected chi connectivity index (χ0v) is 21.0. The highest BCUT2D eigenvalue weighted by atomic mass is 32.2. The van der Waals surface area contributed by atoms with E-state index in [1.165, 1.54) is 12.4 Å². The minimum atomic E-state index is -2.42. The number of rotatable bonds is 7. The molecule has 1 aliphatic heterocycles. The van der Waals surface area contributed by atoms with Crippen molar-refractivity contribution in [3.05, 3.63) is 29.3 Å².